The number of halogens is 1. The van der Waals surface area contributed by atoms with Crippen molar-refractivity contribution in [3.8, 4) is 17.6 Å². The van der Waals surface area contributed by atoms with Crippen LogP contribution in [0.1, 0.15) is 45.1 Å². The van der Waals surface area contributed by atoms with Crippen molar-refractivity contribution in [2.24, 2.45) is 11.8 Å². The highest BCUT2D eigenvalue weighted by molar-refractivity contribution is 5.40. The summed E-state index contributed by atoms with van der Waals surface area (Å²) in [5, 5.41) is 8.72. The smallest absolute Gasteiger partial charge is 0.165 e. The minimum atomic E-state index is -0.339. The van der Waals surface area contributed by atoms with Crippen LogP contribution in [0.5, 0.6) is 5.75 Å². The Bertz CT molecular complexity index is 530. The molecule has 0 spiro atoms. The van der Waals surface area contributed by atoms with E-state index in [0.717, 1.165) is 24.8 Å². The molecule has 0 heterocycles. The van der Waals surface area contributed by atoms with Gasteiger partial charge in [-0.05, 0) is 49.3 Å². The van der Waals surface area contributed by atoms with E-state index in [-0.39, 0.29) is 24.3 Å². The number of hydrogen-bond acceptors (Lipinski definition) is 2. The lowest BCUT2D eigenvalue weighted by atomic mass is 9.80. The van der Waals surface area contributed by atoms with Crippen molar-refractivity contribution >= 4 is 0 Å². The van der Waals surface area contributed by atoms with E-state index in [1.807, 2.05) is 0 Å². The van der Waals surface area contributed by atoms with E-state index < -0.39 is 0 Å². The van der Waals surface area contributed by atoms with E-state index in [0.29, 0.717) is 18.3 Å². The molecule has 2 rings (SSSR count). The molecule has 1 aliphatic rings. The number of hydrogen-bond donors (Lipinski definition) is 1. The summed E-state index contributed by atoms with van der Waals surface area (Å²) < 4.78 is 19.7. The van der Waals surface area contributed by atoms with Gasteiger partial charge >= 0.3 is 0 Å². The van der Waals surface area contributed by atoms with Crippen LogP contribution in [0, 0.1) is 29.5 Å². The Morgan fingerprint density at radius 1 is 1.29 bits per heavy atom. The van der Waals surface area contributed by atoms with Crippen LogP contribution in [-0.2, 0) is 0 Å². The van der Waals surface area contributed by atoms with Crippen molar-refractivity contribution in [3.63, 3.8) is 0 Å². The minimum Gasteiger partial charge on any atom is -0.487 e. The predicted octanol–water partition coefficient (Wildman–Crippen LogP) is 3.76. The predicted molar refractivity (Wildman–Crippen MR) is 81.6 cm³/mol. The summed E-state index contributed by atoms with van der Waals surface area (Å²) in [4.78, 5) is 0. The normalized spacial score (nSPS) is 25.0. The Labute approximate surface area is 126 Å². The lowest BCUT2D eigenvalue weighted by molar-refractivity contribution is 0.0968. The molecule has 0 saturated heterocycles. The van der Waals surface area contributed by atoms with Crippen LogP contribution in [0.2, 0.25) is 0 Å². The monoisotopic (exact) mass is 290 g/mol. The highest BCUT2D eigenvalue weighted by Gasteiger charge is 2.26. The fourth-order valence-electron chi connectivity index (χ4n) is 2.68. The zero-order chi connectivity index (χ0) is 15.2. The van der Waals surface area contributed by atoms with E-state index >= 15 is 0 Å². The van der Waals surface area contributed by atoms with Crippen LogP contribution in [0.15, 0.2) is 18.2 Å². The van der Waals surface area contributed by atoms with Gasteiger partial charge in [0.1, 0.15) is 0 Å². The van der Waals surface area contributed by atoms with Gasteiger partial charge in [0.15, 0.2) is 11.6 Å². The summed E-state index contributed by atoms with van der Waals surface area (Å²) in [6.45, 7) is 4.53. The summed E-state index contributed by atoms with van der Waals surface area (Å²) in [5.41, 5.74) is 0.720. The molecular weight excluding hydrogens is 267 g/mol. The fraction of sp³-hybridized carbons (Fsp3) is 0.556. The number of aliphatic hydroxyl groups excluding tert-OH is 1. The summed E-state index contributed by atoms with van der Waals surface area (Å²) in [5.74, 6) is 7.02. The molecule has 1 fully saturated rings. The molecule has 21 heavy (non-hydrogen) atoms. The second-order valence-corrected chi connectivity index (χ2v) is 5.93. The third kappa shape index (κ3) is 4.47. The van der Waals surface area contributed by atoms with Gasteiger partial charge in [0.25, 0.3) is 0 Å². The van der Waals surface area contributed by atoms with Gasteiger partial charge in [-0.25, -0.2) is 4.39 Å². The zero-order valence-corrected chi connectivity index (χ0v) is 12.7. The Morgan fingerprint density at radius 3 is 2.81 bits per heavy atom. The maximum Gasteiger partial charge on any atom is 0.165 e. The molecule has 2 nitrogen and oxygen atoms in total. The zero-order valence-electron chi connectivity index (χ0n) is 12.7. The van der Waals surface area contributed by atoms with Crippen LogP contribution in [-0.4, -0.2) is 17.8 Å². The quantitative estimate of drug-likeness (QED) is 0.859. The summed E-state index contributed by atoms with van der Waals surface area (Å²) in [7, 11) is 0. The molecule has 3 heteroatoms. The first-order valence-electron chi connectivity index (χ1n) is 7.66. The summed E-state index contributed by atoms with van der Waals surface area (Å²) in [6.07, 6.45) is 3.59. The van der Waals surface area contributed by atoms with Crippen LogP contribution < -0.4 is 4.74 Å². The Balaban J connectivity index is 2.06. The third-order valence-corrected chi connectivity index (χ3v) is 4.24. The highest BCUT2D eigenvalue weighted by atomic mass is 19.1. The van der Waals surface area contributed by atoms with Crippen LogP contribution in [0.25, 0.3) is 0 Å². The number of benzene rings is 1. The van der Waals surface area contributed by atoms with E-state index in [1.54, 1.807) is 12.1 Å². The molecule has 1 saturated carbocycles. The number of aliphatic hydroxyl groups is 1. The van der Waals surface area contributed by atoms with Gasteiger partial charge in [-0.1, -0.05) is 25.7 Å². The first-order valence-corrected chi connectivity index (χ1v) is 7.66. The lowest BCUT2D eigenvalue weighted by Crippen LogP contribution is -2.29. The Morgan fingerprint density at radius 2 is 2.10 bits per heavy atom. The van der Waals surface area contributed by atoms with Crippen molar-refractivity contribution in [1.82, 2.24) is 0 Å². The largest absolute Gasteiger partial charge is 0.487 e. The van der Waals surface area contributed by atoms with Gasteiger partial charge in [-0.15, -0.1) is 0 Å². The van der Waals surface area contributed by atoms with Gasteiger partial charge in [-0.3, -0.25) is 0 Å². The second kappa shape index (κ2) is 7.47. The second-order valence-electron chi connectivity index (χ2n) is 5.93. The molecule has 0 amide bonds. The van der Waals surface area contributed by atoms with Gasteiger partial charge in [0.05, 0.1) is 12.7 Å². The topological polar surface area (TPSA) is 29.5 Å². The molecule has 0 aliphatic heterocycles. The first kappa shape index (κ1) is 15.9. The van der Waals surface area contributed by atoms with Crippen LogP contribution >= 0.6 is 0 Å². The van der Waals surface area contributed by atoms with Crippen molar-refractivity contribution in [1.29, 1.82) is 0 Å². The van der Waals surface area contributed by atoms with E-state index in [2.05, 4.69) is 25.7 Å². The van der Waals surface area contributed by atoms with Crippen molar-refractivity contribution in [2.75, 3.05) is 6.61 Å². The van der Waals surface area contributed by atoms with E-state index in [9.17, 15) is 4.39 Å². The van der Waals surface area contributed by atoms with Gasteiger partial charge in [-0.2, -0.15) is 0 Å². The maximum atomic E-state index is 13.9. The van der Waals surface area contributed by atoms with E-state index in [4.69, 9.17) is 9.84 Å². The highest BCUT2D eigenvalue weighted by Crippen LogP contribution is 2.32. The third-order valence-electron chi connectivity index (χ3n) is 4.24. The lowest BCUT2D eigenvalue weighted by Gasteiger charge is -2.32. The molecule has 114 valence electrons. The molecule has 0 aromatic heterocycles. The van der Waals surface area contributed by atoms with Gasteiger partial charge in [0, 0.05) is 12.0 Å². The molecule has 3 atom stereocenters. The summed E-state index contributed by atoms with van der Waals surface area (Å²) in [6, 6.07) is 4.69. The molecule has 3 unspecified atom stereocenters. The van der Waals surface area contributed by atoms with Gasteiger partial charge in [0.2, 0.25) is 0 Å². The molecular formula is C18H23FO2. The Kier molecular flexibility index (Phi) is 5.64. The molecule has 1 N–H and O–H groups in total. The molecule has 0 bridgehead atoms. The van der Waals surface area contributed by atoms with Crippen molar-refractivity contribution in [3.05, 3.63) is 29.6 Å². The molecule has 1 aromatic carbocycles. The SMILES string of the molecule is CC1CCC(Oc2cc(C#CCCO)ccc2F)CC1C. The molecule has 0 radical (unpaired) electrons. The number of rotatable bonds is 3. The van der Waals surface area contributed by atoms with E-state index in [1.165, 1.54) is 6.07 Å². The average Bonchev–Trinajstić information content (AvgIpc) is 2.46. The molecule has 1 aliphatic carbocycles. The van der Waals surface area contributed by atoms with Gasteiger partial charge < -0.3 is 9.84 Å². The van der Waals surface area contributed by atoms with Crippen molar-refractivity contribution in [2.45, 2.75) is 45.6 Å². The number of ether oxygens (including phenoxy) is 1. The fourth-order valence-corrected chi connectivity index (χ4v) is 2.68. The molecule has 1 aromatic rings. The minimum absolute atomic E-state index is 0.0374. The standard InChI is InChI=1S/C18H23FO2/c1-13-6-8-16(11-14(13)2)21-18-12-15(5-3-4-10-20)7-9-17(18)19/h7,9,12-14,16,20H,4,6,8,10-11H2,1-2H3. The first-order chi connectivity index (χ1) is 10.1. The van der Waals surface area contributed by atoms with Crippen LogP contribution in [0.3, 0.4) is 0 Å². The summed E-state index contributed by atoms with van der Waals surface area (Å²) >= 11 is 0. The maximum absolute atomic E-state index is 13.9. The van der Waals surface area contributed by atoms with Crippen LogP contribution in [0.4, 0.5) is 4.39 Å². The average molecular weight is 290 g/mol. The Hall–Kier alpha value is -1.53. The van der Waals surface area contributed by atoms with Crippen molar-refractivity contribution < 1.29 is 14.2 Å².